The summed E-state index contributed by atoms with van der Waals surface area (Å²) in [4.78, 5) is 0. The van der Waals surface area contributed by atoms with Crippen molar-refractivity contribution in [1.82, 2.24) is 5.32 Å². The van der Waals surface area contributed by atoms with Gasteiger partial charge in [-0.25, -0.2) is 0 Å². The summed E-state index contributed by atoms with van der Waals surface area (Å²) in [6, 6.07) is 0.654. The number of hydrogen-bond donors (Lipinski definition) is 1. The number of nitrogens with one attached hydrogen (secondary N) is 1. The Morgan fingerprint density at radius 1 is 1.38 bits per heavy atom. The van der Waals surface area contributed by atoms with Crippen LogP contribution in [0.1, 0.15) is 33.6 Å². The third-order valence-electron chi connectivity index (χ3n) is 3.40. The van der Waals surface area contributed by atoms with Gasteiger partial charge >= 0.3 is 0 Å². The lowest BCUT2D eigenvalue weighted by molar-refractivity contribution is 0.179. The van der Waals surface area contributed by atoms with Crippen molar-refractivity contribution < 1.29 is 4.74 Å². The van der Waals surface area contributed by atoms with Gasteiger partial charge in [0.25, 0.3) is 0 Å². The highest BCUT2D eigenvalue weighted by Crippen LogP contribution is 2.21. The van der Waals surface area contributed by atoms with E-state index in [0.717, 1.165) is 31.6 Å². The van der Waals surface area contributed by atoms with Gasteiger partial charge in [0.15, 0.2) is 0 Å². The highest BCUT2D eigenvalue weighted by molar-refractivity contribution is 7.99. The van der Waals surface area contributed by atoms with E-state index in [1.165, 1.54) is 24.3 Å². The van der Waals surface area contributed by atoms with Gasteiger partial charge in [-0.1, -0.05) is 27.2 Å². The fourth-order valence-corrected chi connectivity index (χ4v) is 3.43. The number of ether oxygens (including phenoxy) is 1. The first kappa shape index (κ1) is 14.3. The first-order valence-corrected chi connectivity index (χ1v) is 7.82. The Balaban J connectivity index is 2.21. The van der Waals surface area contributed by atoms with Crippen molar-refractivity contribution in [2.24, 2.45) is 11.8 Å². The summed E-state index contributed by atoms with van der Waals surface area (Å²) in [5, 5.41) is 3.62. The van der Waals surface area contributed by atoms with Gasteiger partial charge in [0, 0.05) is 24.3 Å². The smallest absolute Gasteiger partial charge is 0.0510 e. The molecule has 0 aromatic heterocycles. The molecule has 3 unspecified atom stereocenters. The molecule has 1 aliphatic heterocycles. The molecule has 1 rings (SSSR count). The normalized spacial score (nSPS) is 24.6. The minimum Gasteiger partial charge on any atom is -0.381 e. The van der Waals surface area contributed by atoms with Crippen LogP contribution in [0.15, 0.2) is 0 Å². The Kier molecular flexibility index (Phi) is 7.50. The molecule has 1 fully saturated rings. The van der Waals surface area contributed by atoms with Gasteiger partial charge in [0.1, 0.15) is 0 Å². The third kappa shape index (κ3) is 5.07. The van der Waals surface area contributed by atoms with E-state index in [2.05, 4.69) is 37.8 Å². The molecule has 1 heterocycles. The summed E-state index contributed by atoms with van der Waals surface area (Å²) < 4.78 is 5.48. The Hall–Kier alpha value is 0.270. The maximum atomic E-state index is 5.48. The van der Waals surface area contributed by atoms with E-state index in [0.29, 0.717) is 6.04 Å². The molecule has 3 heteroatoms. The van der Waals surface area contributed by atoms with Crippen LogP contribution in [0, 0.1) is 11.8 Å². The van der Waals surface area contributed by atoms with E-state index in [1.54, 1.807) is 0 Å². The van der Waals surface area contributed by atoms with Crippen molar-refractivity contribution in [3.63, 3.8) is 0 Å². The average molecular weight is 245 g/mol. The molecular weight excluding hydrogens is 218 g/mol. The van der Waals surface area contributed by atoms with Crippen molar-refractivity contribution in [2.45, 2.75) is 39.7 Å². The lowest BCUT2D eigenvalue weighted by Gasteiger charge is -2.23. The number of thioether (sulfide) groups is 1. The molecule has 0 aliphatic carbocycles. The van der Waals surface area contributed by atoms with Gasteiger partial charge in [-0.15, -0.1) is 0 Å². The first-order valence-electron chi connectivity index (χ1n) is 6.66. The Labute approximate surface area is 105 Å². The van der Waals surface area contributed by atoms with Crippen LogP contribution in [0.5, 0.6) is 0 Å². The van der Waals surface area contributed by atoms with Crippen LogP contribution in [0.4, 0.5) is 0 Å². The van der Waals surface area contributed by atoms with Crippen molar-refractivity contribution in [1.29, 1.82) is 0 Å². The van der Waals surface area contributed by atoms with E-state index >= 15 is 0 Å². The monoisotopic (exact) mass is 245 g/mol. The highest BCUT2D eigenvalue weighted by atomic mass is 32.2. The highest BCUT2D eigenvalue weighted by Gasteiger charge is 2.24. The summed E-state index contributed by atoms with van der Waals surface area (Å²) in [6.07, 6.45) is 2.53. The van der Waals surface area contributed by atoms with Crippen LogP contribution < -0.4 is 5.32 Å². The molecule has 0 spiro atoms. The molecule has 0 aromatic rings. The molecule has 1 aliphatic rings. The molecule has 0 saturated carbocycles. The molecule has 0 aromatic carbocycles. The minimum atomic E-state index is 0.654. The Morgan fingerprint density at radius 2 is 2.19 bits per heavy atom. The van der Waals surface area contributed by atoms with E-state index in [4.69, 9.17) is 4.74 Å². The van der Waals surface area contributed by atoms with Crippen LogP contribution in [-0.2, 0) is 4.74 Å². The molecule has 96 valence electrons. The summed E-state index contributed by atoms with van der Waals surface area (Å²) in [5.41, 5.74) is 0. The quantitative estimate of drug-likeness (QED) is 0.710. The van der Waals surface area contributed by atoms with Gasteiger partial charge in [0.05, 0.1) is 6.61 Å². The van der Waals surface area contributed by atoms with Crippen LogP contribution in [-0.4, -0.2) is 37.3 Å². The van der Waals surface area contributed by atoms with E-state index in [1.807, 2.05) is 0 Å². The van der Waals surface area contributed by atoms with Crippen molar-refractivity contribution >= 4 is 11.8 Å². The fourth-order valence-electron chi connectivity index (χ4n) is 2.01. The Bertz CT molecular complexity index is 171. The summed E-state index contributed by atoms with van der Waals surface area (Å²) in [7, 11) is 0. The SMILES string of the molecule is CCNC(CSCC(C)CC)C1CCOC1. The van der Waals surface area contributed by atoms with E-state index < -0.39 is 0 Å². The molecule has 16 heavy (non-hydrogen) atoms. The molecule has 3 atom stereocenters. The van der Waals surface area contributed by atoms with Crippen LogP contribution in [0.2, 0.25) is 0 Å². The van der Waals surface area contributed by atoms with Gasteiger partial charge in [-0.2, -0.15) is 11.8 Å². The zero-order chi connectivity index (χ0) is 11.8. The maximum Gasteiger partial charge on any atom is 0.0510 e. The number of hydrogen-bond acceptors (Lipinski definition) is 3. The van der Waals surface area contributed by atoms with Gasteiger partial charge in [0.2, 0.25) is 0 Å². The minimum absolute atomic E-state index is 0.654. The zero-order valence-electron chi connectivity index (χ0n) is 11.0. The molecule has 0 amide bonds. The second-order valence-electron chi connectivity index (χ2n) is 4.84. The fraction of sp³-hybridized carbons (Fsp3) is 1.00. The number of rotatable bonds is 8. The first-order chi connectivity index (χ1) is 7.77. The largest absolute Gasteiger partial charge is 0.381 e. The standard InChI is InChI=1S/C13H27NOS/c1-4-11(3)9-16-10-13(14-5-2)12-6-7-15-8-12/h11-14H,4-10H2,1-3H3. The Morgan fingerprint density at radius 3 is 2.75 bits per heavy atom. The third-order valence-corrected chi connectivity index (χ3v) is 4.80. The average Bonchev–Trinajstić information content (AvgIpc) is 2.81. The van der Waals surface area contributed by atoms with Gasteiger partial charge in [-0.3, -0.25) is 0 Å². The zero-order valence-corrected chi connectivity index (χ0v) is 11.8. The van der Waals surface area contributed by atoms with Crippen LogP contribution >= 0.6 is 11.8 Å². The second-order valence-corrected chi connectivity index (χ2v) is 5.91. The molecular formula is C13H27NOS. The van der Waals surface area contributed by atoms with Crippen molar-refractivity contribution in [3.05, 3.63) is 0 Å². The molecule has 1 saturated heterocycles. The van der Waals surface area contributed by atoms with Gasteiger partial charge in [-0.05, 0) is 24.6 Å². The summed E-state index contributed by atoms with van der Waals surface area (Å²) >= 11 is 2.10. The molecule has 0 bridgehead atoms. The molecule has 2 nitrogen and oxygen atoms in total. The topological polar surface area (TPSA) is 21.3 Å². The predicted octanol–water partition coefficient (Wildman–Crippen LogP) is 2.78. The van der Waals surface area contributed by atoms with E-state index in [9.17, 15) is 0 Å². The summed E-state index contributed by atoms with van der Waals surface area (Å²) in [5.74, 6) is 4.13. The second kappa shape index (κ2) is 8.37. The predicted molar refractivity (Wildman–Crippen MR) is 73.2 cm³/mol. The molecule has 1 N–H and O–H groups in total. The molecule has 0 radical (unpaired) electrons. The van der Waals surface area contributed by atoms with Crippen molar-refractivity contribution in [2.75, 3.05) is 31.3 Å². The summed E-state index contributed by atoms with van der Waals surface area (Å²) in [6.45, 7) is 9.81. The van der Waals surface area contributed by atoms with E-state index in [-0.39, 0.29) is 0 Å². The van der Waals surface area contributed by atoms with Crippen LogP contribution in [0.3, 0.4) is 0 Å². The van der Waals surface area contributed by atoms with Crippen molar-refractivity contribution in [3.8, 4) is 0 Å². The maximum absolute atomic E-state index is 5.48. The lowest BCUT2D eigenvalue weighted by Crippen LogP contribution is -2.38. The van der Waals surface area contributed by atoms with Gasteiger partial charge < -0.3 is 10.1 Å². The lowest BCUT2D eigenvalue weighted by atomic mass is 10.0. The van der Waals surface area contributed by atoms with Crippen LogP contribution in [0.25, 0.3) is 0 Å².